The normalized spacial score (nSPS) is 10.1. The molecule has 1 aromatic carbocycles. The maximum absolute atomic E-state index is 4.14. The Hall–Kier alpha value is -1.70. The van der Waals surface area contributed by atoms with Gasteiger partial charge in [0, 0.05) is 5.56 Å². The minimum absolute atomic E-state index is 0.930. The molecule has 0 saturated carbocycles. The van der Waals surface area contributed by atoms with Gasteiger partial charge < -0.3 is 0 Å². The van der Waals surface area contributed by atoms with Crippen LogP contribution in [-0.4, -0.2) is 10.2 Å². The predicted molar refractivity (Wildman–Crippen MR) is 56.9 cm³/mol. The second-order valence-corrected chi connectivity index (χ2v) is 3.43. The molecule has 0 unspecified atom stereocenters. The van der Waals surface area contributed by atoms with Gasteiger partial charge in [-0.05, 0) is 32.0 Å². The molecule has 2 heteroatoms. The molecule has 0 fully saturated rings. The zero-order valence-corrected chi connectivity index (χ0v) is 8.36. The van der Waals surface area contributed by atoms with Crippen LogP contribution in [0.1, 0.15) is 11.3 Å². The summed E-state index contributed by atoms with van der Waals surface area (Å²) in [4.78, 5) is 0. The first kappa shape index (κ1) is 8.88. The fourth-order valence-corrected chi connectivity index (χ4v) is 1.36. The minimum Gasteiger partial charge on any atom is -0.155 e. The van der Waals surface area contributed by atoms with Gasteiger partial charge in [-0.15, -0.1) is 0 Å². The number of benzene rings is 1. The molecule has 0 aliphatic carbocycles. The highest BCUT2D eigenvalue weighted by atomic mass is 15.1. The SMILES string of the molecule is Cc1cccc(-c2ccc(C)nn2)c1. The van der Waals surface area contributed by atoms with E-state index in [0.29, 0.717) is 0 Å². The first-order chi connectivity index (χ1) is 6.75. The molecular weight excluding hydrogens is 172 g/mol. The molecule has 0 atom stereocenters. The van der Waals surface area contributed by atoms with E-state index in [1.165, 1.54) is 5.56 Å². The number of rotatable bonds is 1. The maximum Gasteiger partial charge on any atom is 0.0929 e. The van der Waals surface area contributed by atoms with Gasteiger partial charge >= 0.3 is 0 Å². The van der Waals surface area contributed by atoms with Crippen molar-refractivity contribution in [1.29, 1.82) is 0 Å². The number of hydrogen-bond acceptors (Lipinski definition) is 2. The lowest BCUT2D eigenvalue weighted by Gasteiger charge is -2.00. The third-order valence-corrected chi connectivity index (χ3v) is 2.11. The quantitative estimate of drug-likeness (QED) is 0.681. The number of aromatic nitrogens is 2. The van der Waals surface area contributed by atoms with Gasteiger partial charge in [0.25, 0.3) is 0 Å². The van der Waals surface area contributed by atoms with Crippen molar-refractivity contribution in [2.24, 2.45) is 0 Å². The Balaban J connectivity index is 2.44. The molecule has 1 heterocycles. The van der Waals surface area contributed by atoms with Crippen molar-refractivity contribution in [1.82, 2.24) is 10.2 Å². The van der Waals surface area contributed by atoms with Crippen LogP contribution in [0.2, 0.25) is 0 Å². The molecule has 0 radical (unpaired) electrons. The molecule has 0 amide bonds. The summed E-state index contributed by atoms with van der Waals surface area (Å²) >= 11 is 0. The van der Waals surface area contributed by atoms with E-state index < -0.39 is 0 Å². The molecule has 0 saturated heterocycles. The van der Waals surface area contributed by atoms with E-state index in [2.05, 4.69) is 29.3 Å². The largest absolute Gasteiger partial charge is 0.155 e. The molecule has 0 aliphatic rings. The summed E-state index contributed by atoms with van der Waals surface area (Å²) < 4.78 is 0. The van der Waals surface area contributed by atoms with Crippen LogP contribution in [0.4, 0.5) is 0 Å². The standard InChI is InChI=1S/C12H12N2/c1-9-4-3-5-11(8-9)12-7-6-10(2)13-14-12/h3-8H,1-2H3. The molecule has 70 valence electrons. The van der Waals surface area contributed by atoms with Crippen molar-refractivity contribution in [3.63, 3.8) is 0 Å². The molecular formula is C12H12N2. The van der Waals surface area contributed by atoms with Crippen LogP contribution in [0.3, 0.4) is 0 Å². The molecule has 0 bridgehead atoms. The Morgan fingerprint density at radius 2 is 1.79 bits per heavy atom. The van der Waals surface area contributed by atoms with E-state index in [0.717, 1.165) is 17.0 Å². The van der Waals surface area contributed by atoms with Crippen molar-refractivity contribution in [2.45, 2.75) is 13.8 Å². The number of aryl methyl sites for hydroxylation is 2. The van der Waals surface area contributed by atoms with Gasteiger partial charge in [0.2, 0.25) is 0 Å². The average Bonchev–Trinajstić information content (AvgIpc) is 2.19. The Morgan fingerprint density at radius 3 is 2.43 bits per heavy atom. The lowest BCUT2D eigenvalue weighted by atomic mass is 10.1. The summed E-state index contributed by atoms with van der Waals surface area (Å²) in [6.45, 7) is 4.01. The lowest BCUT2D eigenvalue weighted by molar-refractivity contribution is 0.987. The van der Waals surface area contributed by atoms with Gasteiger partial charge in [0.15, 0.2) is 0 Å². The summed E-state index contributed by atoms with van der Waals surface area (Å²) in [5.74, 6) is 0. The Bertz CT molecular complexity index is 432. The zero-order chi connectivity index (χ0) is 9.97. The average molecular weight is 184 g/mol. The van der Waals surface area contributed by atoms with Crippen molar-refractivity contribution in [3.8, 4) is 11.3 Å². The Labute approximate surface area is 83.6 Å². The van der Waals surface area contributed by atoms with Gasteiger partial charge in [-0.3, -0.25) is 0 Å². The van der Waals surface area contributed by atoms with Crippen LogP contribution in [0, 0.1) is 13.8 Å². The molecule has 1 aromatic heterocycles. The van der Waals surface area contributed by atoms with Crippen molar-refractivity contribution in [3.05, 3.63) is 47.7 Å². The van der Waals surface area contributed by atoms with Crippen LogP contribution >= 0.6 is 0 Å². The fraction of sp³-hybridized carbons (Fsp3) is 0.167. The summed E-state index contributed by atoms with van der Waals surface area (Å²) in [6, 6.07) is 12.2. The Kier molecular flexibility index (Phi) is 2.27. The fourth-order valence-electron chi connectivity index (χ4n) is 1.36. The highest BCUT2D eigenvalue weighted by Crippen LogP contribution is 2.16. The second kappa shape index (κ2) is 3.58. The first-order valence-corrected chi connectivity index (χ1v) is 4.63. The van der Waals surface area contributed by atoms with Crippen LogP contribution in [0.25, 0.3) is 11.3 Å². The smallest absolute Gasteiger partial charge is 0.0929 e. The predicted octanol–water partition coefficient (Wildman–Crippen LogP) is 2.76. The third-order valence-electron chi connectivity index (χ3n) is 2.11. The summed E-state index contributed by atoms with van der Waals surface area (Å²) in [7, 11) is 0. The Morgan fingerprint density at radius 1 is 0.929 bits per heavy atom. The first-order valence-electron chi connectivity index (χ1n) is 4.63. The molecule has 2 rings (SSSR count). The van der Waals surface area contributed by atoms with Crippen molar-refractivity contribution >= 4 is 0 Å². The number of hydrogen-bond donors (Lipinski definition) is 0. The maximum atomic E-state index is 4.14. The van der Waals surface area contributed by atoms with E-state index in [-0.39, 0.29) is 0 Å². The molecule has 0 N–H and O–H groups in total. The third kappa shape index (κ3) is 1.79. The highest BCUT2D eigenvalue weighted by Gasteiger charge is 1.98. The van der Waals surface area contributed by atoms with E-state index in [1.807, 2.05) is 31.2 Å². The van der Waals surface area contributed by atoms with Crippen LogP contribution < -0.4 is 0 Å². The molecule has 0 aliphatic heterocycles. The number of nitrogens with zero attached hydrogens (tertiary/aromatic N) is 2. The molecule has 14 heavy (non-hydrogen) atoms. The zero-order valence-electron chi connectivity index (χ0n) is 8.36. The van der Waals surface area contributed by atoms with E-state index in [1.54, 1.807) is 0 Å². The van der Waals surface area contributed by atoms with Crippen LogP contribution in [-0.2, 0) is 0 Å². The molecule has 2 aromatic rings. The van der Waals surface area contributed by atoms with Gasteiger partial charge in [-0.1, -0.05) is 23.8 Å². The van der Waals surface area contributed by atoms with Crippen LogP contribution in [0.15, 0.2) is 36.4 Å². The van der Waals surface area contributed by atoms with E-state index >= 15 is 0 Å². The molecule has 2 nitrogen and oxygen atoms in total. The van der Waals surface area contributed by atoms with Crippen LogP contribution in [0.5, 0.6) is 0 Å². The topological polar surface area (TPSA) is 25.8 Å². The van der Waals surface area contributed by atoms with Gasteiger partial charge in [-0.2, -0.15) is 10.2 Å². The van der Waals surface area contributed by atoms with Crippen molar-refractivity contribution < 1.29 is 0 Å². The molecule has 0 spiro atoms. The highest BCUT2D eigenvalue weighted by molar-refractivity contribution is 5.59. The summed E-state index contributed by atoms with van der Waals surface area (Å²) in [6.07, 6.45) is 0. The van der Waals surface area contributed by atoms with Gasteiger partial charge in [-0.25, -0.2) is 0 Å². The van der Waals surface area contributed by atoms with E-state index in [4.69, 9.17) is 0 Å². The van der Waals surface area contributed by atoms with Crippen molar-refractivity contribution in [2.75, 3.05) is 0 Å². The van der Waals surface area contributed by atoms with E-state index in [9.17, 15) is 0 Å². The minimum atomic E-state index is 0.930. The second-order valence-electron chi connectivity index (χ2n) is 3.43. The van der Waals surface area contributed by atoms with Gasteiger partial charge in [0.05, 0.1) is 11.4 Å². The van der Waals surface area contributed by atoms with Gasteiger partial charge in [0.1, 0.15) is 0 Å². The summed E-state index contributed by atoms with van der Waals surface area (Å²) in [5.41, 5.74) is 4.24. The monoisotopic (exact) mass is 184 g/mol. The lowest BCUT2D eigenvalue weighted by Crippen LogP contribution is -1.89. The summed E-state index contributed by atoms with van der Waals surface area (Å²) in [5, 5.41) is 8.17.